The standard InChI is InChI=1S/C27H24Cl2N2O3S/c1-4-19-7-5-6-8-22(19)30-27-31(2)26(32)25(35-27)15-17-10-12-23(24(14-17)33-3)34-16-18-9-11-20(28)21(29)13-18/h5-15H,4,16H2,1-3H3/b25-15+,30-27?. The molecular weight excluding hydrogens is 503 g/mol. The molecule has 0 aliphatic carbocycles. The number of hydrogen-bond acceptors (Lipinski definition) is 5. The van der Waals surface area contributed by atoms with Crippen molar-refractivity contribution in [2.24, 2.45) is 4.99 Å². The molecule has 0 atom stereocenters. The molecule has 4 rings (SSSR count). The van der Waals surface area contributed by atoms with Crippen LogP contribution in [0.15, 0.2) is 70.6 Å². The zero-order valence-corrected chi connectivity index (χ0v) is 21.9. The Morgan fingerprint density at radius 2 is 1.83 bits per heavy atom. The topological polar surface area (TPSA) is 51.1 Å². The minimum atomic E-state index is -0.0957. The lowest BCUT2D eigenvalue weighted by atomic mass is 10.1. The van der Waals surface area contributed by atoms with Crippen molar-refractivity contribution in [3.8, 4) is 11.5 Å². The number of amidine groups is 1. The van der Waals surface area contributed by atoms with Crippen molar-refractivity contribution in [2.75, 3.05) is 14.2 Å². The highest BCUT2D eigenvalue weighted by Gasteiger charge is 2.30. The average molecular weight is 527 g/mol. The van der Waals surface area contributed by atoms with Crippen LogP contribution in [-0.4, -0.2) is 30.1 Å². The Kier molecular flexibility index (Phi) is 8.06. The lowest BCUT2D eigenvalue weighted by molar-refractivity contribution is -0.121. The van der Waals surface area contributed by atoms with E-state index in [0.717, 1.165) is 28.8 Å². The van der Waals surface area contributed by atoms with Gasteiger partial charge in [0.05, 0.1) is 27.7 Å². The first-order chi connectivity index (χ1) is 16.9. The van der Waals surface area contributed by atoms with Gasteiger partial charge in [0, 0.05) is 7.05 Å². The van der Waals surface area contributed by atoms with E-state index in [9.17, 15) is 4.79 Å². The van der Waals surface area contributed by atoms with E-state index in [2.05, 4.69) is 13.0 Å². The lowest BCUT2D eigenvalue weighted by Gasteiger charge is -2.12. The Bertz CT molecular complexity index is 1320. The quantitative estimate of drug-likeness (QED) is 0.301. The third-order valence-electron chi connectivity index (χ3n) is 5.46. The van der Waals surface area contributed by atoms with Crippen molar-refractivity contribution in [3.05, 3.63) is 92.3 Å². The molecule has 0 aromatic heterocycles. The maximum absolute atomic E-state index is 12.9. The summed E-state index contributed by atoms with van der Waals surface area (Å²) in [5.41, 5.74) is 3.73. The smallest absolute Gasteiger partial charge is 0.266 e. The zero-order valence-electron chi connectivity index (χ0n) is 19.5. The second kappa shape index (κ2) is 11.2. The molecule has 0 saturated carbocycles. The number of methoxy groups -OCH3 is 1. The number of halogens is 2. The molecule has 35 heavy (non-hydrogen) atoms. The van der Waals surface area contributed by atoms with Crippen LogP contribution < -0.4 is 9.47 Å². The molecule has 1 aliphatic heterocycles. The second-order valence-electron chi connectivity index (χ2n) is 7.80. The van der Waals surface area contributed by atoms with Gasteiger partial charge < -0.3 is 9.47 Å². The maximum atomic E-state index is 12.9. The molecule has 3 aromatic rings. The molecule has 5 nitrogen and oxygen atoms in total. The van der Waals surface area contributed by atoms with E-state index in [1.807, 2.05) is 48.5 Å². The highest BCUT2D eigenvalue weighted by molar-refractivity contribution is 8.18. The minimum absolute atomic E-state index is 0.0957. The molecule has 1 fully saturated rings. The van der Waals surface area contributed by atoms with Gasteiger partial charge in [-0.25, -0.2) is 4.99 Å². The van der Waals surface area contributed by atoms with Crippen molar-refractivity contribution in [1.82, 2.24) is 4.90 Å². The summed E-state index contributed by atoms with van der Waals surface area (Å²) in [6, 6.07) is 18.9. The van der Waals surface area contributed by atoms with Gasteiger partial charge in [-0.2, -0.15) is 0 Å². The summed E-state index contributed by atoms with van der Waals surface area (Å²) in [4.78, 5) is 19.8. The lowest BCUT2D eigenvalue weighted by Crippen LogP contribution is -2.23. The largest absolute Gasteiger partial charge is 0.493 e. The number of carbonyl (C=O) groups is 1. The van der Waals surface area contributed by atoms with Gasteiger partial charge in [-0.05, 0) is 71.3 Å². The molecule has 8 heteroatoms. The first-order valence-electron chi connectivity index (χ1n) is 11.0. The summed E-state index contributed by atoms with van der Waals surface area (Å²) in [5.74, 6) is 1.05. The van der Waals surface area contributed by atoms with E-state index in [0.29, 0.717) is 38.2 Å². The van der Waals surface area contributed by atoms with Crippen molar-refractivity contribution < 1.29 is 14.3 Å². The predicted molar refractivity (Wildman–Crippen MR) is 145 cm³/mol. The summed E-state index contributed by atoms with van der Waals surface area (Å²) in [7, 11) is 3.32. The zero-order chi connectivity index (χ0) is 24.9. The number of ether oxygens (including phenoxy) is 2. The number of likely N-dealkylation sites (N-methyl/N-ethyl adjacent to an activating group) is 1. The Balaban J connectivity index is 1.53. The average Bonchev–Trinajstić information content (AvgIpc) is 3.13. The second-order valence-corrected chi connectivity index (χ2v) is 9.62. The van der Waals surface area contributed by atoms with Crippen molar-refractivity contribution in [1.29, 1.82) is 0 Å². The molecule has 0 unspecified atom stereocenters. The summed E-state index contributed by atoms with van der Waals surface area (Å²) >= 11 is 13.4. The van der Waals surface area contributed by atoms with Gasteiger partial charge in [0.15, 0.2) is 16.7 Å². The van der Waals surface area contributed by atoms with Crippen LogP contribution in [0.2, 0.25) is 10.0 Å². The third-order valence-corrected chi connectivity index (χ3v) is 7.26. The normalized spacial score (nSPS) is 15.8. The number of benzene rings is 3. The molecule has 3 aromatic carbocycles. The van der Waals surface area contributed by atoms with E-state index < -0.39 is 0 Å². The highest BCUT2D eigenvalue weighted by Crippen LogP contribution is 2.36. The number of hydrogen-bond donors (Lipinski definition) is 0. The summed E-state index contributed by atoms with van der Waals surface area (Å²) in [5, 5.41) is 1.63. The van der Waals surface area contributed by atoms with Crippen LogP contribution in [0.3, 0.4) is 0 Å². The Morgan fingerprint density at radius 1 is 1.03 bits per heavy atom. The number of rotatable bonds is 7. The third kappa shape index (κ3) is 5.84. The van der Waals surface area contributed by atoms with Gasteiger partial charge in [-0.15, -0.1) is 0 Å². The summed E-state index contributed by atoms with van der Waals surface area (Å²) < 4.78 is 11.5. The van der Waals surface area contributed by atoms with Gasteiger partial charge in [0.25, 0.3) is 5.91 Å². The molecule has 180 valence electrons. The van der Waals surface area contributed by atoms with Crippen molar-refractivity contribution in [3.63, 3.8) is 0 Å². The predicted octanol–water partition coefficient (Wildman–Crippen LogP) is 7.38. The molecule has 1 aliphatic rings. The van der Waals surface area contributed by atoms with Gasteiger partial charge in [-0.3, -0.25) is 9.69 Å². The molecule has 0 bridgehead atoms. The Hall–Kier alpha value is -2.93. The maximum Gasteiger partial charge on any atom is 0.266 e. The molecule has 0 N–H and O–H groups in total. The number of carbonyl (C=O) groups excluding carboxylic acids is 1. The summed E-state index contributed by atoms with van der Waals surface area (Å²) in [6.45, 7) is 2.40. The summed E-state index contributed by atoms with van der Waals surface area (Å²) in [6.07, 6.45) is 2.71. The van der Waals surface area contributed by atoms with Gasteiger partial charge in [-0.1, -0.05) is 60.5 Å². The molecule has 0 radical (unpaired) electrons. The molecule has 0 spiro atoms. The van der Waals surface area contributed by atoms with E-state index in [4.69, 9.17) is 37.7 Å². The van der Waals surface area contributed by atoms with Crippen LogP contribution in [0.1, 0.15) is 23.6 Å². The van der Waals surface area contributed by atoms with E-state index in [1.54, 1.807) is 31.2 Å². The Morgan fingerprint density at radius 3 is 2.57 bits per heavy atom. The van der Waals surface area contributed by atoms with E-state index >= 15 is 0 Å². The fourth-order valence-electron chi connectivity index (χ4n) is 3.51. The number of thioether (sulfide) groups is 1. The molecule has 1 amide bonds. The number of aliphatic imine (C=N–C) groups is 1. The van der Waals surface area contributed by atoms with Crippen LogP contribution in [0.4, 0.5) is 5.69 Å². The fraction of sp³-hybridized carbons (Fsp3) is 0.185. The minimum Gasteiger partial charge on any atom is -0.493 e. The van der Waals surface area contributed by atoms with Crippen LogP contribution in [0, 0.1) is 0 Å². The molecule has 1 saturated heterocycles. The first-order valence-corrected chi connectivity index (χ1v) is 12.6. The number of aryl methyl sites for hydroxylation is 1. The van der Waals surface area contributed by atoms with Crippen LogP contribution in [0.25, 0.3) is 6.08 Å². The van der Waals surface area contributed by atoms with E-state index in [1.165, 1.54) is 11.8 Å². The van der Waals surface area contributed by atoms with Crippen LogP contribution in [0.5, 0.6) is 11.5 Å². The number of nitrogens with zero attached hydrogens (tertiary/aromatic N) is 2. The van der Waals surface area contributed by atoms with Gasteiger partial charge in [0.1, 0.15) is 6.61 Å². The molecule has 1 heterocycles. The van der Waals surface area contributed by atoms with Crippen LogP contribution in [-0.2, 0) is 17.8 Å². The highest BCUT2D eigenvalue weighted by atomic mass is 35.5. The van der Waals surface area contributed by atoms with Crippen molar-refractivity contribution >= 4 is 57.8 Å². The van der Waals surface area contributed by atoms with Crippen molar-refractivity contribution in [2.45, 2.75) is 20.0 Å². The monoisotopic (exact) mass is 526 g/mol. The Labute approximate surface area is 219 Å². The van der Waals surface area contributed by atoms with E-state index in [-0.39, 0.29) is 5.91 Å². The number of amides is 1. The molecular formula is C27H24Cl2N2O3S. The van der Waals surface area contributed by atoms with Gasteiger partial charge in [0.2, 0.25) is 0 Å². The number of para-hydroxylation sites is 1. The van der Waals surface area contributed by atoms with Gasteiger partial charge >= 0.3 is 0 Å². The van der Waals surface area contributed by atoms with Crippen LogP contribution >= 0.6 is 35.0 Å². The fourth-order valence-corrected chi connectivity index (χ4v) is 4.81. The first kappa shape index (κ1) is 25.2. The SMILES string of the molecule is CCc1ccccc1N=C1S/C(=C/c2ccc(OCc3ccc(Cl)c(Cl)c3)c(OC)c2)C(=O)N1C.